The Morgan fingerprint density at radius 1 is 1.13 bits per heavy atom. The van der Waals surface area contributed by atoms with Crippen molar-refractivity contribution in [3.63, 3.8) is 0 Å². The molecule has 47 heavy (non-hydrogen) atoms. The molecule has 1 saturated heterocycles. The van der Waals surface area contributed by atoms with Crippen molar-refractivity contribution in [3.8, 4) is 5.75 Å². The molecule has 0 unspecified atom stereocenters. The van der Waals surface area contributed by atoms with E-state index in [0.717, 1.165) is 68.7 Å². The molecular formula is C37H47ClN2O6S. The van der Waals surface area contributed by atoms with Gasteiger partial charge in [-0.25, -0.2) is 13.1 Å². The van der Waals surface area contributed by atoms with Gasteiger partial charge in [0.15, 0.2) is 0 Å². The molecule has 2 fully saturated rings. The van der Waals surface area contributed by atoms with E-state index in [9.17, 15) is 13.2 Å². The molecule has 0 radical (unpaired) electrons. The van der Waals surface area contributed by atoms with Crippen molar-refractivity contribution >= 4 is 33.2 Å². The minimum atomic E-state index is -4.01. The zero-order valence-electron chi connectivity index (χ0n) is 27.5. The summed E-state index contributed by atoms with van der Waals surface area (Å²) in [5, 5.41) is -0.0254. The molecule has 5 aliphatic rings. The summed E-state index contributed by atoms with van der Waals surface area (Å²) in [6.07, 6.45) is 11.9. The van der Waals surface area contributed by atoms with Gasteiger partial charge in [-0.05, 0) is 117 Å². The molecule has 8 nitrogen and oxygen atoms in total. The molecule has 7 rings (SSSR count). The highest BCUT2D eigenvalue weighted by Gasteiger charge is 2.45. The second kappa shape index (κ2) is 13.4. The van der Waals surface area contributed by atoms with E-state index in [4.69, 9.17) is 25.8 Å². The molecule has 10 heteroatoms. The lowest BCUT2D eigenvalue weighted by atomic mass is 9.68. The Morgan fingerprint density at radius 2 is 2.00 bits per heavy atom. The van der Waals surface area contributed by atoms with Gasteiger partial charge in [-0.3, -0.25) is 4.79 Å². The SMILES string of the molecule is CO[C@H]1/C=C\C[C@H](C)[C@H](C[C@@H]2CCCO2)S(=O)(=O)NC(=O)c2ccc3c(c2)N(C[C@@H]2CC[C@H]21)C[C@@]1(CCCc2cc(Cl)ccc21)CO3. The molecule has 2 bridgehead atoms. The number of hydrogen-bond donors (Lipinski definition) is 1. The molecule has 1 spiro atoms. The van der Waals surface area contributed by atoms with Gasteiger partial charge in [0.05, 0.1) is 29.8 Å². The number of allylic oxidation sites excluding steroid dienone is 1. The maximum absolute atomic E-state index is 13.9. The molecule has 2 aromatic carbocycles. The number of fused-ring (bicyclic) bond motifs is 4. The lowest BCUT2D eigenvalue weighted by Crippen LogP contribution is -2.49. The number of anilines is 1. The van der Waals surface area contributed by atoms with Crippen LogP contribution in [0, 0.1) is 17.8 Å². The molecule has 2 aliphatic carbocycles. The van der Waals surface area contributed by atoms with Crippen molar-refractivity contribution in [3.05, 3.63) is 70.3 Å². The highest BCUT2D eigenvalue weighted by Crippen LogP contribution is 2.47. The van der Waals surface area contributed by atoms with E-state index in [2.05, 4.69) is 33.9 Å². The number of ether oxygens (including phenoxy) is 3. The highest BCUT2D eigenvalue weighted by atomic mass is 35.5. The van der Waals surface area contributed by atoms with Gasteiger partial charge in [-0.15, -0.1) is 0 Å². The second-order valence-electron chi connectivity index (χ2n) is 14.5. The first-order valence-electron chi connectivity index (χ1n) is 17.3. The van der Waals surface area contributed by atoms with Crippen LogP contribution in [0.3, 0.4) is 0 Å². The number of methoxy groups -OCH3 is 1. The number of nitrogens with zero attached hydrogens (tertiary/aromatic N) is 1. The summed E-state index contributed by atoms with van der Waals surface area (Å²) in [4.78, 5) is 16.2. The molecule has 1 N–H and O–H groups in total. The summed E-state index contributed by atoms with van der Waals surface area (Å²) in [7, 11) is -2.24. The van der Waals surface area contributed by atoms with E-state index in [0.29, 0.717) is 49.2 Å². The van der Waals surface area contributed by atoms with Gasteiger partial charge in [-0.2, -0.15) is 0 Å². The first-order valence-corrected chi connectivity index (χ1v) is 19.3. The van der Waals surface area contributed by atoms with Crippen molar-refractivity contribution in [2.75, 3.05) is 38.3 Å². The number of amides is 1. The minimum Gasteiger partial charge on any atom is -0.490 e. The Balaban J connectivity index is 1.28. The molecule has 254 valence electrons. The normalized spacial score (nSPS) is 34.3. The number of carbonyl (C=O) groups excluding carboxylic acids is 1. The summed E-state index contributed by atoms with van der Waals surface area (Å²) < 4.78 is 48.9. The highest BCUT2D eigenvalue weighted by molar-refractivity contribution is 7.90. The quantitative estimate of drug-likeness (QED) is 0.372. The maximum atomic E-state index is 13.9. The third-order valence-corrected chi connectivity index (χ3v) is 13.7. The number of aryl methyl sites for hydroxylation is 1. The van der Waals surface area contributed by atoms with Crippen LogP contribution in [0.25, 0.3) is 0 Å². The van der Waals surface area contributed by atoms with Crippen LogP contribution >= 0.6 is 11.6 Å². The van der Waals surface area contributed by atoms with Gasteiger partial charge < -0.3 is 19.1 Å². The fraction of sp³-hybridized carbons (Fsp3) is 0.595. The fourth-order valence-corrected chi connectivity index (χ4v) is 10.7. The number of carbonyl (C=O) groups is 1. The van der Waals surface area contributed by atoms with Gasteiger partial charge in [0, 0.05) is 42.8 Å². The third-order valence-electron chi connectivity index (χ3n) is 11.5. The fourth-order valence-electron chi connectivity index (χ4n) is 8.79. The Bertz CT molecular complexity index is 1620. The van der Waals surface area contributed by atoms with E-state index in [1.807, 2.05) is 25.1 Å². The number of halogens is 1. The van der Waals surface area contributed by atoms with Gasteiger partial charge in [0.25, 0.3) is 5.91 Å². The molecule has 2 aromatic rings. The zero-order chi connectivity index (χ0) is 32.8. The van der Waals surface area contributed by atoms with Gasteiger partial charge in [-0.1, -0.05) is 36.7 Å². The topological polar surface area (TPSA) is 94.2 Å². The van der Waals surface area contributed by atoms with E-state index in [1.165, 1.54) is 11.1 Å². The minimum absolute atomic E-state index is 0.0534. The van der Waals surface area contributed by atoms with Crippen molar-refractivity contribution in [2.24, 2.45) is 17.8 Å². The number of nitrogens with one attached hydrogen (secondary N) is 1. The Morgan fingerprint density at radius 3 is 2.77 bits per heavy atom. The van der Waals surface area contributed by atoms with Gasteiger partial charge in [0.2, 0.25) is 10.0 Å². The molecule has 3 aliphatic heterocycles. The molecular weight excluding hydrogens is 636 g/mol. The average molecular weight is 683 g/mol. The maximum Gasteiger partial charge on any atom is 0.264 e. The standard InChI is InChI=1S/C37H47ClN2O6S/c1-24-6-3-9-33(44-2)30-13-10-27(30)21-40-22-37(16-4-7-25-18-28(38)12-14-31(25)37)23-46-34-15-11-26(19-32(34)40)36(41)39-47(42,43)35(24)20-29-8-5-17-45-29/h3,9,11-12,14-15,18-19,24,27,29-30,33,35H,4-8,10,13,16-17,20-23H2,1-2H3,(H,39,41)/b9-3-/t24-,27-,29-,30+,33-,35-,37-/m0/s1. The van der Waals surface area contributed by atoms with Crippen molar-refractivity contribution in [2.45, 2.75) is 87.6 Å². The molecule has 0 aromatic heterocycles. The first-order chi connectivity index (χ1) is 22.7. The van der Waals surface area contributed by atoms with E-state index < -0.39 is 21.2 Å². The van der Waals surface area contributed by atoms with Crippen LogP contribution in [0.4, 0.5) is 5.69 Å². The van der Waals surface area contributed by atoms with Crippen LogP contribution in [0.2, 0.25) is 5.02 Å². The summed E-state index contributed by atoms with van der Waals surface area (Å²) in [5.74, 6) is 0.628. The Labute approximate surface area is 284 Å². The van der Waals surface area contributed by atoms with Crippen LogP contribution < -0.4 is 14.4 Å². The van der Waals surface area contributed by atoms with Crippen molar-refractivity contribution in [1.82, 2.24) is 4.72 Å². The van der Waals surface area contributed by atoms with Crippen LogP contribution in [-0.2, 0) is 31.3 Å². The molecule has 7 atom stereocenters. The van der Waals surface area contributed by atoms with Gasteiger partial charge in [0.1, 0.15) is 5.75 Å². The molecule has 1 saturated carbocycles. The molecule has 3 heterocycles. The second-order valence-corrected chi connectivity index (χ2v) is 16.9. The Kier molecular flexibility index (Phi) is 9.37. The lowest BCUT2D eigenvalue weighted by Gasteiger charge is -2.46. The van der Waals surface area contributed by atoms with Crippen LogP contribution in [0.1, 0.15) is 79.8 Å². The predicted octanol–water partition coefficient (Wildman–Crippen LogP) is 6.45. The number of sulfonamides is 1. The number of hydrogen-bond acceptors (Lipinski definition) is 7. The summed E-state index contributed by atoms with van der Waals surface area (Å²) >= 11 is 6.44. The summed E-state index contributed by atoms with van der Waals surface area (Å²) in [5.41, 5.74) is 3.46. The lowest BCUT2D eigenvalue weighted by molar-refractivity contribution is 0.0131. The largest absolute Gasteiger partial charge is 0.490 e. The summed E-state index contributed by atoms with van der Waals surface area (Å²) in [6.45, 7) is 4.64. The summed E-state index contributed by atoms with van der Waals surface area (Å²) in [6, 6.07) is 11.6. The van der Waals surface area contributed by atoms with Crippen molar-refractivity contribution < 1.29 is 27.4 Å². The third kappa shape index (κ3) is 6.57. The molecule has 1 amide bonds. The number of benzene rings is 2. The predicted molar refractivity (Wildman–Crippen MR) is 184 cm³/mol. The Hall–Kier alpha value is -2.59. The smallest absolute Gasteiger partial charge is 0.264 e. The van der Waals surface area contributed by atoms with Crippen LogP contribution in [0.5, 0.6) is 5.75 Å². The monoisotopic (exact) mass is 682 g/mol. The van der Waals surface area contributed by atoms with Crippen molar-refractivity contribution in [1.29, 1.82) is 0 Å². The zero-order valence-corrected chi connectivity index (χ0v) is 29.0. The number of rotatable bonds is 3. The average Bonchev–Trinajstić information content (AvgIpc) is 3.51. The van der Waals surface area contributed by atoms with Crippen LogP contribution in [-0.4, -0.2) is 65.2 Å². The van der Waals surface area contributed by atoms with E-state index in [-0.39, 0.29) is 23.5 Å². The van der Waals surface area contributed by atoms with Crippen LogP contribution in [0.15, 0.2) is 48.6 Å². The first kappa shape index (κ1) is 32.9. The van der Waals surface area contributed by atoms with Gasteiger partial charge >= 0.3 is 0 Å². The van der Waals surface area contributed by atoms with E-state index in [1.54, 1.807) is 13.2 Å². The van der Waals surface area contributed by atoms with E-state index >= 15 is 0 Å².